The summed E-state index contributed by atoms with van der Waals surface area (Å²) in [5, 5.41) is 10.2. The fourth-order valence-corrected chi connectivity index (χ4v) is 3.98. The molecule has 0 spiro atoms. The Morgan fingerprint density at radius 2 is 1.72 bits per heavy atom. The molecule has 0 saturated carbocycles. The molecule has 1 aliphatic rings. The Kier molecular flexibility index (Phi) is 4.84. The summed E-state index contributed by atoms with van der Waals surface area (Å²) in [5.41, 5.74) is 0.944. The van der Waals surface area contributed by atoms with Gasteiger partial charge in [-0.2, -0.15) is 4.31 Å². The zero-order valence-corrected chi connectivity index (χ0v) is 14.0. The molecule has 1 saturated heterocycles. The summed E-state index contributed by atoms with van der Waals surface area (Å²) in [6, 6.07) is 8.29. The fourth-order valence-electron chi connectivity index (χ4n) is 2.65. The van der Waals surface area contributed by atoms with E-state index in [1.54, 1.807) is 12.1 Å². The van der Waals surface area contributed by atoms with Gasteiger partial charge in [0.2, 0.25) is 5.09 Å². The van der Waals surface area contributed by atoms with Crippen molar-refractivity contribution in [2.45, 2.75) is 11.6 Å². The summed E-state index contributed by atoms with van der Waals surface area (Å²) < 4.78 is 43.9. The third kappa shape index (κ3) is 3.86. The Labute approximate surface area is 143 Å². The lowest BCUT2D eigenvalue weighted by atomic mass is 10.2. The number of halogens is 1. The highest BCUT2D eigenvalue weighted by Gasteiger charge is 2.32. The molecule has 0 atom stereocenters. The van der Waals surface area contributed by atoms with Crippen molar-refractivity contribution in [3.05, 3.63) is 57.9 Å². The van der Waals surface area contributed by atoms with Crippen molar-refractivity contribution < 1.29 is 22.1 Å². The molecule has 134 valence electrons. The van der Waals surface area contributed by atoms with E-state index in [1.165, 1.54) is 16.4 Å². The van der Waals surface area contributed by atoms with Crippen LogP contribution >= 0.6 is 0 Å². The van der Waals surface area contributed by atoms with Crippen molar-refractivity contribution >= 4 is 15.9 Å². The molecule has 0 unspecified atom stereocenters. The minimum Gasteiger partial charge on any atom is -0.387 e. The van der Waals surface area contributed by atoms with Crippen molar-refractivity contribution in [3.8, 4) is 0 Å². The van der Waals surface area contributed by atoms with E-state index in [0.717, 1.165) is 17.7 Å². The van der Waals surface area contributed by atoms with Crippen LogP contribution in [0.3, 0.4) is 0 Å². The molecule has 2 aromatic rings. The van der Waals surface area contributed by atoms with Gasteiger partial charge < -0.3 is 4.42 Å². The van der Waals surface area contributed by atoms with E-state index < -0.39 is 25.9 Å². The summed E-state index contributed by atoms with van der Waals surface area (Å²) in [7, 11) is -3.89. The van der Waals surface area contributed by atoms with E-state index in [1.807, 2.05) is 0 Å². The molecule has 0 amide bonds. The van der Waals surface area contributed by atoms with Crippen molar-refractivity contribution in [1.82, 2.24) is 9.21 Å². The SMILES string of the molecule is O=[N+]([O-])c1ccc(S(=O)(=O)N2CCN(Cc3ccc(F)cc3)CC2)o1. The average molecular weight is 369 g/mol. The van der Waals surface area contributed by atoms with Crippen LogP contribution in [0.25, 0.3) is 0 Å². The summed E-state index contributed by atoms with van der Waals surface area (Å²) >= 11 is 0. The van der Waals surface area contributed by atoms with Crippen LogP contribution in [-0.2, 0) is 16.6 Å². The molecule has 0 N–H and O–H groups in total. The highest BCUT2D eigenvalue weighted by Crippen LogP contribution is 2.24. The Balaban J connectivity index is 1.62. The Morgan fingerprint density at radius 1 is 1.08 bits per heavy atom. The van der Waals surface area contributed by atoms with Crippen molar-refractivity contribution in [2.24, 2.45) is 0 Å². The van der Waals surface area contributed by atoms with Gasteiger partial charge >= 0.3 is 5.88 Å². The van der Waals surface area contributed by atoms with E-state index in [4.69, 9.17) is 4.42 Å². The molecule has 2 heterocycles. The first-order valence-electron chi connectivity index (χ1n) is 7.57. The number of rotatable bonds is 5. The topological polar surface area (TPSA) is 96.9 Å². The highest BCUT2D eigenvalue weighted by molar-refractivity contribution is 7.89. The monoisotopic (exact) mass is 369 g/mol. The van der Waals surface area contributed by atoms with Crippen LogP contribution in [0.4, 0.5) is 10.3 Å². The van der Waals surface area contributed by atoms with Crippen LogP contribution in [0.5, 0.6) is 0 Å². The van der Waals surface area contributed by atoms with Gasteiger partial charge in [-0.25, -0.2) is 12.8 Å². The molecule has 3 rings (SSSR count). The lowest BCUT2D eigenvalue weighted by Crippen LogP contribution is -2.48. The van der Waals surface area contributed by atoms with Crippen LogP contribution in [0.15, 0.2) is 45.9 Å². The van der Waals surface area contributed by atoms with Crippen LogP contribution < -0.4 is 0 Å². The van der Waals surface area contributed by atoms with Gasteiger partial charge in [0.15, 0.2) is 0 Å². The normalized spacial score (nSPS) is 16.8. The van der Waals surface area contributed by atoms with E-state index >= 15 is 0 Å². The van der Waals surface area contributed by atoms with Crippen LogP contribution in [0, 0.1) is 15.9 Å². The lowest BCUT2D eigenvalue weighted by Gasteiger charge is -2.33. The maximum Gasteiger partial charge on any atom is 0.434 e. The van der Waals surface area contributed by atoms with Gasteiger partial charge in [0.1, 0.15) is 10.7 Å². The van der Waals surface area contributed by atoms with Crippen molar-refractivity contribution in [3.63, 3.8) is 0 Å². The molecule has 8 nitrogen and oxygen atoms in total. The number of nitrogens with zero attached hydrogens (tertiary/aromatic N) is 3. The minimum absolute atomic E-state index is 0.248. The van der Waals surface area contributed by atoms with Crippen molar-refractivity contribution in [1.29, 1.82) is 0 Å². The van der Waals surface area contributed by atoms with E-state index in [-0.39, 0.29) is 18.9 Å². The molecule has 1 fully saturated rings. The summed E-state index contributed by atoms with van der Waals surface area (Å²) in [4.78, 5) is 11.9. The Morgan fingerprint density at radius 3 is 2.28 bits per heavy atom. The van der Waals surface area contributed by atoms with Gasteiger partial charge in [-0.15, -0.1) is 0 Å². The number of piperazine rings is 1. The summed E-state index contributed by atoms with van der Waals surface area (Å²) in [6.07, 6.45) is 0. The highest BCUT2D eigenvalue weighted by atomic mass is 32.2. The predicted molar refractivity (Wildman–Crippen MR) is 85.8 cm³/mol. The smallest absolute Gasteiger partial charge is 0.387 e. The number of hydrogen-bond acceptors (Lipinski definition) is 6. The van der Waals surface area contributed by atoms with Gasteiger partial charge in [0, 0.05) is 38.8 Å². The first kappa shape index (κ1) is 17.5. The molecule has 25 heavy (non-hydrogen) atoms. The second-order valence-electron chi connectivity index (χ2n) is 5.66. The number of benzene rings is 1. The van der Waals surface area contributed by atoms with Gasteiger partial charge in [0.25, 0.3) is 10.0 Å². The lowest BCUT2D eigenvalue weighted by molar-refractivity contribution is -0.403. The van der Waals surface area contributed by atoms with Gasteiger partial charge in [-0.3, -0.25) is 15.0 Å². The minimum atomic E-state index is -3.89. The molecular weight excluding hydrogens is 353 g/mol. The molecule has 10 heteroatoms. The van der Waals surface area contributed by atoms with E-state index in [9.17, 15) is 22.9 Å². The number of hydrogen-bond donors (Lipinski definition) is 0. The summed E-state index contributed by atoms with van der Waals surface area (Å²) in [6.45, 7) is 2.09. The Hall–Kier alpha value is -2.30. The quantitative estimate of drug-likeness (QED) is 0.589. The maximum atomic E-state index is 12.9. The van der Waals surface area contributed by atoms with E-state index in [2.05, 4.69) is 4.90 Å². The third-order valence-electron chi connectivity index (χ3n) is 3.99. The molecule has 1 aliphatic heterocycles. The second kappa shape index (κ2) is 6.90. The zero-order valence-electron chi connectivity index (χ0n) is 13.2. The predicted octanol–water partition coefficient (Wildman–Crippen LogP) is 1.83. The zero-order chi connectivity index (χ0) is 18.0. The average Bonchev–Trinajstić information content (AvgIpc) is 3.09. The standard InChI is InChI=1S/C15H16FN3O5S/c16-13-3-1-12(2-4-13)11-17-7-9-18(10-8-17)25(22,23)15-6-5-14(24-15)19(20)21/h1-6H,7-11H2. The number of furan rings is 1. The molecular formula is C15H16FN3O5S. The molecule has 1 aromatic carbocycles. The molecule has 0 bridgehead atoms. The number of nitro groups is 1. The van der Waals surface area contributed by atoms with E-state index in [0.29, 0.717) is 19.6 Å². The first-order chi connectivity index (χ1) is 11.9. The van der Waals surface area contributed by atoms with Gasteiger partial charge in [-0.1, -0.05) is 12.1 Å². The number of sulfonamides is 1. The second-order valence-corrected chi connectivity index (χ2v) is 7.53. The van der Waals surface area contributed by atoms with Gasteiger partial charge in [0.05, 0.1) is 6.07 Å². The maximum absolute atomic E-state index is 12.9. The molecule has 0 radical (unpaired) electrons. The fraction of sp³-hybridized carbons (Fsp3) is 0.333. The van der Waals surface area contributed by atoms with Crippen molar-refractivity contribution in [2.75, 3.05) is 26.2 Å². The largest absolute Gasteiger partial charge is 0.434 e. The van der Waals surface area contributed by atoms with Crippen LogP contribution in [0.1, 0.15) is 5.56 Å². The van der Waals surface area contributed by atoms with Crippen LogP contribution in [-0.4, -0.2) is 48.7 Å². The van der Waals surface area contributed by atoms with Crippen LogP contribution in [0.2, 0.25) is 0 Å². The Bertz CT molecular complexity index is 858. The third-order valence-corrected chi connectivity index (χ3v) is 5.76. The van der Waals surface area contributed by atoms with Gasteiger partial charge in [-0.05, 0) is 17.7 Å². The molecule has 1 aromatic heterocycles. The molecule has 0 aliphatic carbocycles. The summed E-state index contributed by atoms with van der Waals surface area (Å²) in [5.74, 6) is -0.902. The first-order valence-corrected chi connectivity index (χ1v) is 9.01.